The maximum atomic E-state index is 13.0. The summed E-state index contributed by atoms with van der Waals surface area (Å²) < 4.78 is 86.7. The first-order chi connectivity index (χ1) is 31.9. The molecule has 2 N–H and O–H groups in total. The Morgan fingerprint density at radius 3 is 1.29 bits per heavy atom. The van der Waals surface area contributed by atoms with E-state index < -0.39 is 12.7 Å². The van der Waals surface area contributed by atoms with Crippen LogP contribution in [0.2, 0.25) is 0 Å². The molecule has 0 radical (unpaired) electrons. The van der Waals surface area contributed by atoms with Crippen LogP contribution < -0.4 is 29.9 Å². The summed E-state index contributed by atoms with van der Waals surface area (Å²) in [6, 6.07) is 28.2. The molecular weight excluding hydrogens is 859 g/mol. The highest BCUT2D eigenvalue weighted by Crippen LogP contribution is 2.36. The molecule has 0 spiro atoms. The predicted octanol–water partition coefficient (Wildman–Crippen LogP) is 11.0. The van der Waals surface area contributed by atoms with E-state index in [1.807, 2.05) is 24.3 Å². The standard InChI is InChI=1S/C50H54F6N8O2/c51-49(52,53)65-39-11-5-9-35(29-39)45-33-47(41-31-37(13-15-43(41)59-45)63-21-1-2-22-63)57-17-7-19-61-25-27-62(28-26-61)20-8-18-58-48-34-46(36-10-6-12-40(30-36)66-50(54,55)56)60-44-16-14-38(32-42(44)48)64-23-3-4-24-64/h5-6,9-16,29-34H,1-4,7-8,17-28H2,(H,57,59)(H,58,60). The van der Waals surface area contributed by atoms with Crippen LogP contribution in [0.5, 0.6) is 11.5 Å². The van der Waals surface area contributed by atoms with Crippen molar-refractivity contribution in [1.29, 1.82) is 0 Å². The topological polar surface area (TPSA) is 81.3 Å². The molecule has 9 rings (SSSR count). The monoisotopic (exact) mass is 912 g/mol. The summed E-state index contributed by atoms with van der Waals surface area (Å²) in [7, 11) is 0. The van der Waals surface area contributed by atoms with Crippen molar-refractivity contribution in [3.63, 3.8) is 0 Å². The number of anilines is 4. The van der Waals surface area contributed by atoms with Crippen LogP contribution in [-0.2, 0) is 0 Å². The summed E-state index contributed by atoms with van der Waals surface area (Å²) in [4.78, 5) is 19.5. The first-order valence-electron chi connectivity index (χ1n) is 22.9. The van der Waals surface area contributed by atoms with Gasteiger partial charge in [-0.15, -0.1) is 26.3 Å². The summed E-state index contributed by atoms with van der Waals surface area (Å²) in [6.45, 7) is 11.1. The molecule has 10 nitrogen and oxygen atoms in total. The minimum atomic E-state index is -4.79. The van der Waals surface area contributed by atoms with Gasteiger partial charge in [0.25, 0.3) is 0 Å². The molecule has 6 aromatic rings. The lowest BCUT2D eigenvalue weighted by molar-refractivity contribution is -0.275. The van der Waals surface area contributed by atoms with Crippen molar-refractivity contribution in [1.82, 2.24) is 19.8 Å². The molecule has 0 atom stereocenters. The van der Waals surface area contributed by atoms with Gasteiger partial charge in [-0.1, -0.05) is 24.3 Å². The van der Waals surface area contributed by atoms with Gasteiger partial charge in [0.05, 0.1) is 22.4 Å². The first-order valence-corrected chi connectivity index (χ1v) is 22.9. The lowest BCUT2D eigenvalue weighted by Crippen LogP contribution is -2.47. The van der Waals surface area contributed by atoms with E-state index in [1.54, 1.807) is 24.3 Å². The molecule has 16 heteroatoms. The van der Waals surface area contributed by atoms with Crippen LogP contribution in [0.25, 0.3) is 44.3 Å². The van der Waals surface area contributed by atoms with Gasteiger partial charge in [0, 0.05) is 110 Å². The van der Waals surface area contributed by atoms with Crippen LogP contribution in [0.3, 0.4) is 0 Å². The van der Waals surface area contributed by atoms with E-state index in [2.05, 4.69) is 64.0 Å². The first kappa shape index (κ1) is 45.2. The number of hydrogen-bond acceptors (Lipinski definition) is 10. The van der Waals surface area contributed by atoms with Crippen LogP contribution in [0.4, 0.5) is 49.1 Å². The molecule has 3 aliphatic rings. The van der Waals surface area contributed by atoms with Crippen molar-refractivity contribution >= 4 is 44.6 Å². The number of ether oxygens (including phenoxy) is 2. The quantitative estimate of drug-likeness (QED) is 0.0724. The summed E-state index contributed by atoms with van der Waals surface area (Å²) in [6.07, 6.45) is -3.14. The van der Waals surface area contributed by atoms with Crippen molar-refractivity contribution in [3.8, 4) is 34.0 Å². The van der Waals surface area contributed by atoms with E-state index in [4.69, 9.17) is 9.97 Å². The molecule has 0 aliphatic carbocycles. The Morgan fingerprint density at radius 2 is 0.894 bits per heavy atom. The normalized spacial score (nSPS) is 16.4. The Hall–Kier alpha value is -6.00. The summed E-state index contributed by atoms with van der Waals surface area (Å²) in [5.41, 5.74) is 7.79. The number of halogens is 6. The molecule has 3 fully saturated rings. The highest BCUT2D eigenvalue weighted by Gasteiger charge is 2.32. The number of piperazine rings is 1. The molecule has 0 amide bonds. The van der Waals surface area contributed by atoms with Gasteiger partial charge in [-0.3, -0.25) is 0 Å². The van der Waals surface area contributed by atoms with Crippen molar-refractivity contribution < 1.29 is 35.8 Å². The summed E-state index contributed by atoms with van der Waals surface area (Å²) >= 11 is 0. The molecule has 4 aromatic carbocycles. The van der Waals surface area contributed by atoms with Crippen molar-refractivity contribution in [2.45, 2.75) is 51.2 Å². The van der Waals surface area contributed by atoms with E-state index in [-0.39, 0.29) is 11.5 Å². The van der Waals surface area contributed by atoms with Gasteiger partial charge in [0.15, 0.2) is 0 Å². The second kappa shape index (κ2) is 19.8. The molecule has 0 saturated carbocycles. The number of fused-ring (bicyclic) bond motifs is 2. The zero-order valence-corrected chi connectivity index (χ0v) is 36.7. The third-order valence-electron chi connectivity index (χ3n) is 12.7. The maximum absolute atomic E-state index is 13.0. The van der Waals surface area contributed by atoms with Gasteiger partial charge in [-0.2, -0.15) is 0 Å². The van der Waals surface area contributed by atoms with Gasteiger partial charge in [-0.05, 0) is 124 Å². The smallest absolute Gasteiger partial charge is 0.406 e. The number of hydrogen-bond donors (Lipinski definition) is 2. The minimum absolute atomic E-state index is 0.287. The molecule has 66 heavy (non-hydrogen) atoms. The molecule has 3 saturated heterocycles. The average Bonchev–Trinajstić information content (AvgIpc) is 4.05. The zero-order chi connectivity index (χ0) is 45.7. The number of benzene rings is 4. The zero-order valence-electron chi connectivity index (χ0n) is 36.7. The number of aromatic nitrogens is 2. The second-order valence-electron chi connectivity index (χ2n) is 17.3. The van der Waals surface area contributed by atoms with Gasteiger partial charge >= 0.3 is 12.7 Å². The Bertz CT molecular complexity index is 2430. The number of pyridine rings is 2. The minimum Gasteiger partial charge on any atom is -0.406 e. The number of nitrogens with one attached hydrogen (secondary N) is 2. The van der Waals surface area contributed by atoms with E-state index >= 15 is 0 Å². The van der Waals surface area contributed by atoms with Crippen LogP contribution in [0, 0.1) is 0 Å². The van der Waals surface area contributed by atoms with Crippen LogP contribution in [0.1, 0.15) is 38.5 Å². The van der Waals surface area contributed by atoms with Crippen LogP contribution in [-0.4, -0.2) is 111 Å². The lowest BCUT2D eigenvalue weighted by Gasteiger charge is -2.34. The third kappa shape index (κ3) is 11.5. The van der Waals surface area contributed by atoms with Crippen LogP contribution in [0.15, 0.2) is 97.1 Å². The molecule has 0 unspecified atom stereocenters. The second-order valence-corrected chi connectivity index (χ2v) is 17.3. The summed E-state index contributed by atoms with van der Waals surface area (Å²) in [5.74, 6) is -0.574. The highest BCUT2D eigenvalue weighted by atomic mass is 19.4. The lowest BCUT2D eigenvalue weighted by atomic mass is 10.1. The van der Waals surface area contributed by atoms with Crippen LogP contribution >= 0.6 is 0 Å². The van der Waals surface area contributed by atoms with Crippen molar-refractivity contribution in [2.24, 2.45) is 0 Å². The van der Waals surface area contributed by atoms with Crippen molar-refractivity contribution in [2.75, 3.05) is 99.0 Å². The Balaban J connectivity index is 0.797. The molecule has 3 aliphatic heterocycles. The molecular formula is C50H54F6N8O2. The predicted molar refractivity (Wildman–Crippen MR) is 250 cm³/mol. The van der Waals surface area contributed by atoms with Gasteiger partial charge in [0.2, 0.25) is 0 Å². The van der Waals surface area contributed by atoms with E-state index in [9.17, 15) is 26.3 Å². The number of rotatable bonds is 16. The molecule has 0 bridgehead atoms. The van der Waals surface area contributed by atoms with E-state index in [1.165, 1.54) is 24.3 Å². The SMILES string of the molecule is FC(F)(F)Oc1cccc(-c2cc(NCCCN3CCN(CCCNc4cc(-c5cccc(OC(F)(F)F)c5)nc5ccc(N6CCCC6)cc45)CC3)c3cc(N4CCCC4)ccc3n2)c1. The number of nitrogens with zero attached hydrogens (tertiary/aromatic N) is 6. The van der Waals surface area contributed by atoms with E-state index in [0.717, 1.165) is 149 Å². The Morgan fingerprint density at radius 1 is 0.485 bits per heavy atom. The van der Waals surface area contributed by atoms with Gasteiger partial charge in [0.1, 0.15) is 11.5 Å². The molecule has 348 valence electrons. The largest absolute Gasteiger partial charge is 0.573 e. The maximum Gasteiger partial charge on any atom is 0.573 e. The fourth-order valence-electron chi connectivity index (χ4n) is 9.35. The fourth-order valence-corrected chi connectivity index (χ4v) is 9.35. The highest BCUT2D eigenvalue weighted by molar-refractivity contribution is 5.97. The average molecular weight is 913 g/mol. The Labute approximate surface area is 380 Å². The number of alkyl halides is 6. The van der Waals surface area contributed by atoms with Gasteiger partial charge in [-0.25, -0.2) is 9.97 Å². The van der Waals surface area contributed by atoms with Crippen molar-refractivity contribution in [3.05, 3.63) is 97.1 Å². The summed E-state index contributed by atoms with van der Waals surface area (Å²) in [5, 5.41) is 9.25. The third-order valence-corrected chi connectivity index (χ3v) is 12.7. The van der Waals surface area contributed by atoms with E-state index in [0.29, 0.717) is 35.6 Å². The Kier molecular flexibility index (Phi) is 13.6. The molecule has 5 heterocycles. The molecule has 2 aromatic heterocycles. The van der Waals surface area contributed by atoms with Gasteiger partial charge < -0.3 is 39.7 Å². The fraction of sp³-hybridized carbons (Fsp3) is 0.400.